The van der Waals surface area contributed by atoms with Crippen LogP contribution < -0.4 is 20.1 Å². The molecule has 0 radical (unpaired) electrons. The zero-order valence-electron chi connectivity index (χ0n) is 25.9. The van der Waals surface area contributed by atoms with Gasteiger partial charge in [0.25, 0.3) is 5.91 Å². The number of benzene rings is 1. The minimum absolute atomic E-state index is 0.230. The zero-order chi connectivity index (χ0) is 32.1. The van der Waals surface area contributed by atoms with Gasteiger partial charge in [0.2, 0.25) is 11.8 Å². The average Bonchev–Trinajstić information content (AvgIpc) is 3.40. The van der Waals surface area contributed by atoms with E-state index in [0.29, 0.717) is 38.6 Å². The lowest BCUT2D eigenvalue weighted by Crippen LogP contribution is -2.59. The summed E-state index contributed by atoms with van der Waals surface area (Å²) in [7, 11) is -4.27. The summed E-state index contributed by atoms with van der Waals surface area (Å²) < 4.78 is 35.9. The highest BCUT2D eigenvalue weighted by atomic mass is 32.2. The summed E-state index contributed by atoms with van der Waals surface area (Å²) in [6, 6.07) is 6.62. The Kier molecular flexibility index (Phi) is 10.4. The molecule has 2 aliphatic heterocycles. The van der Waals surface area contributed by atoms with Gasteiger partial charge in [0.1, 0.15) is 23.2 Å². The fourth-order valence-electron chi connectivity index (χ4n) is 5.83. The van der Waals surface area contributed by atoms with Crippen molar-refractivity contribution in [2.24, 2.45) is 5.92 Å². The van der Waals surface area contributed by atoms with Gasteiger partial charge in [0.05, 0.1) is 0 Å². The number of rotatable bonds is 6. The van der Waals surface area contributed by atoms with E-state index in [1.165, 1.54) is 4.90 Å². The van der Waals surface area contributed by atoms with Gasteiger partial charge >= 0.3 is 16.3 Å². The van der Waals surface area contributed by atoms with Gasteiger partial charge in [-0.05, 0) is 71.8 Å². The van der Waals surface area contributed by atoms with Gasteiger partial charge in [-0.3, -0.25) is 14.4 Å². The first-order valence-corrected chi connectivity index (χ1v) is 16.9. The molecule has 4 N–H and O–H groups in total. The topological polar surface area (TPSA) is 163 Å². The summed E-state index contributed by atoms with van der Waals surface area (Å²) >= 11 is 0. The summed E-state index contributed by atoms with van der Waals surface area (Å²) in [5.74, 6) is -2.15. The number of amides is 4. The van der Waals surface area contributed by atoms with Crippen molar-refractivity contribution in [2.75, 3.05) is 6.54 Å². The van der Waals surface area contributed by atoms with Crippen molar-refractivity contribution in [3.8, 4) is 0 Å². The largest absolute Gasteiger partial charge is 0.444 e. The van der Waals surface area contributed by atoms with Crippen molar-refractivity contribution in [3.05, 3.63) is 48.0 Å². The second kappa shape index (κ2) is 13.7. The van der Waals surface area contributed by atoms with Gasteiger partial charge in [0, 0.05) is 18.5 Å². The van der Waals surface area contributed by atoms with Crippen molar-refractivity contribution < 1.29 is 32.3 Å². The normalized spacial score (nSPS) is 27.8. The van der Waals surface area contributed by atoms with E-state index in [1.807, 2.05) is 18.2 Å². The van der Waals surface area contributed by atoms with Crippen LogP contribution in [0, 0.1) is 5.92 Å². The van der Waals surface area contributed by atoms with Crippen molar-refractivity contribution in [1.29, 1.82) is 0 Å². The van der Waals surface area contributed by atoms with E-state index in [4.69, 9.17) is 4.74 Å². The minimum atomic E-state index is -4.27. The molecule has 4 rings (SSSR count). The average molecular weight is 632 g/mol. The van der Waals surface area contributed by atoms with Crippen LogP contribution in [-0.2, 0) is 29.3 Å². The molecular formula is C31H45N5O7S. The number of allylic oxidation sites excluding steroid dienone is 1. The fourth-order valence-corrected chi connectivity index (χ4v) is 6.92. The molecule has 0 unspecified atom stereocenters. The van der Waals surface area contributed by atoms with E-state index >= 15 is 0 Å². The fraction of sp³-hybridized carbons (Fsp3) is 0.613. The number of ether oxygens (including phenoxy) is 1. The molecule has 13 heteroatoms. The monoisotopic (exact) mass is 631 g/mol. The highest BCUT2D eigenvalue weighted by molar-refractivity contribution is 7.88. The van der Waals surface area contributed by atoms with Crippen LogP contribution in [0.4, 0.5) is 4.79 Å². The Morgan fingerprint density at radius 3 is 2.50 bits per heavy atom. The molecule has 3 aliphatic rings. The molecule has 5 atom stereocenters. The highest BCUT2D eigenvalue weighted by Crippen LogP contribution is 2.45. The Balaban J connectivity index is 1.52. The van der Waals surface area contributed by atoms with Crippen LogP contribution in [0.15, 0.2) is 42.5 Å². The summed E-state index contributed by atoms with van der Waals surface area (Å²) in [4.78, 5) is 55.0. The third-order valence-corrected chi connectivity index (χ3v) is 9.30. The first kappa shape index (κ1) is 33.4. The Morgan fingerprint density at radius 2 is 1.80 bits per heavy atom. The number of nitrogens with one attached hydrogen (secondary N) is 4. The molecule has 2 heterocycles. The smallest absolute Gasteiger partial charge is 0.408 e. The molecule has 1 aromatic rings. The molecule has 0 aromatic heterocycles. The maximum Gasteiger partial charge on any atom is 0.408 e. The molecule has 0 bridgehead atoms. The van der Waals surface area contributed by atoms with Crippen molar-refractivity contribution in [2.45, 2.75) is 108 Å². The predicted molar refractivity (Wildman–Crippen MR) is 164 cm³/mol. The Morgan fingerprint density at radius 1 is 1.07 bits per heavy atom. The van der Waals surface area contributed by atoms with Crippen LogP contribution in [0.2, 0.25) is 0 Å². The lowest BCUT2D eigenvalue weighted by molar-refractivity contribution is -0.141. The molecule has 44 heavy (non-hydrogen) atoms. The van der Waals surface area contributed by atoms with E-state index in [2.05, 4.69) is 20.1 Å². The van der Waals surface area contributed by atoms with Crippen LogP contribution in [-0.4, -0.2) is 66.9 Å². The number of carbonyl (C=O) groups excluding carboxylic acids is 4. The van der Waals surface area contributed by atoms with E-state index < -0.39 is 63.3 Å². The van der Waals surface area contributed by atoms with Crippen LogP contribution in [0.3, 0.4) is 0 Å². The van der Waals surface area contributed by atoms with Gasteiger partial charge in [-0.1, -0.05) is 55.3 Å². The highest BCUT2D eigenvalue weighted by Gasteiger charge is 2.61. The summed E-state index contributed by atoms with van der Waals surface area (Å²) in [5.41, 5.74) is -1.49. The van der Waals surface area contributed by atoms with Crippen molar-refractivity contribution >= 4 is 34.0 Å². The number of fused-ring (bicyclic) bond motifs is 2. The quantitative estimate of drug-likeness (QED) is 0.351. The Hall–Kier alpha value is -3.45. The Bertz CT molecular complexity index is 1360. The summed E-state index contributed by atoms with van der Waals surface area (Å²) in [5, 5.41) is 5.53. The first-order valence-electron chi connectivity index (χ1n) is 15.4. The molecule has 1 aliphatic carbocycles. The third kappa shape index (κ3) is 8.59. The van der Waals surface area contributed by atoms with Gasteiger partial charge in [-0.25, -0.2) is 9.52 Å². The number of hydrogen-bond acceptors (Lipinski definition) is 7. The molecule has 4 amide bonds. The number of carbonyl (C=O) groups is 4. The van der Waals surface area contributed by atoms with Crippen molar-refractivity contribution in [1.82, 2.24) is 25.0 Å². The van der Waals surface area contributed by atoms with E-state index in [-0.39, 0.29) is 12.3 Å². The number of hydrogen-bond donors (Lipinski definition) is 4. The summed E-state index contributed by atoms with van der Waals surface area (Å²) in [6.07, 6.45) is 7.71. The molecule has 1 aromatic carbocycles. The molecule has 12 nitrogen and oxygen atoms in total. The van der Waals surface area contributed by atoms with Gasteiger partial charge in [0.15, 0.2) is 0 Å². The van der Waals surface area contributed by atoms with Gasteiger partial charge in [-0.2, -0.15) is 13.1 Å². The Labute approximate surface area is 259 Å². The molecular weight excluding hydrogens is 586 g/mol. The second-order valence-corrected chi connectivity index (χ2v) is 14.4. The second-order valence-electron chi connectivity index (χ2n) is 12.9. The van der Waals surface area contributed by atoms with Crippen LogP contribution >= 0.6 is 0 Å². The first-order chi connectivity index (χ1) is 20.7. The number of nitrogens with zero attached hydrogens (tertiary/aromatic N) is 1. The molecule has 0 spiro atoms. The lowest BCUT2D eigenvalue weighted by Gasteiger charge is -2.30. The predicted octanol–water partition coefficient (Wildman–Crippen LogP) is 2.98. The van der Waals surface area contributed by atoms with Crippen LogP contribution in [0.5, 0.6) is 0 Å². The molecule has 242 valence electrons. The van der Waals surface area contributed by atoms with E-state index in [0.717, 1.165) is 18.4 Å². The van der Waals surface area contributed by atoms with Gasteiger partial charge in [-0.15, -0.1) is 0 Å². The standard InChI is InChI=1S/C31H45N5O7S/c1-21(22-14-9-8-10-15-22)34-44(41,42)35-28(39)31-20-23(31)16-11-6-5-7-12-17-24(32-29(40)43-30(2,3)4)27(38)36-19-13-18-25(36)26(37)33-31/h8-11,14-16,21,23-25,34H,5-7,12-13,17-20H2,1-4H3,(H,32,40)(H,33,37)(H,35,39)/b16-11-/t21-,23+,24-,25-,31+/m0/s1. The SMILES string of the molecule is C[C@H](NS(=O)(=O)NC(=O)[C@@]12C[C@H]1/C=C\CCCCC[C@H](NC(=O)OC(C)(C)C)C(=O)N1CCC[C@H]1C(=O)N2)c1ccccc1. The lowest BCUT2D eigenvalue weighted by atomic mass is 10.0. The molecule has 1 saturated heterocycles. The van der Waals surface area contributed by atoms with Crippen LogP contribution in [0.25, 0.3) is 0 Å². The van der Waals surface area contributed by atoms with E-state index in [1.54, 1.807) is 52.0 Å². The number of alkyl carbamates (subject to hydrolysis) is 1. The molecule has 1 saturated carbocycles. The van der Waals surface area contributed by atoms with Gasteiger partial charge < -0.3 is 20.3 Å². The minimum Gasteiger partial charge on any atom is -0.444 e. The third-order valence-electron chi connectivity index (χ3n) is 8.18. The zero-order valence-corrected chi connectivity index (χ0v) is 26.7. The summed E-state index contributed by atoms with van der Waals surface area (Å²) in [6.45, 7) is 7.20. The van der Waals surface area contributed by atoms with Crippen molar-refractivity contribution in [3.63, 3.8) is 0 Å². The maximum absolute atomic E-state index is 13.7. The molecule has 2 fully saturated rings. The van der Waals surface area contributed by atoms with Crippen LogP contribution in [0.1, 0.15) is 90.7 Å². The maximum atomic E-state index is 13.7. The van der Waals surface area contributed by atoms with E-state index in [9.17, 15) is 27.6 Å².